The number of aromatic nitrogens is 1. The number of hydrogen-bond acceptors (Lipinski definition) is 4. The van der Waals surface area contributed by atoms with Crippen LogP contribution in [-0.2, 0) is 0 Å². The second-order valence-electron chi connectivity index (χ2n) is 3.06. The van der Waals surface area contributed by atoms with Gasteiger partial charge in [0.15, 0.2) is 0 Å². The Morgan fingerprint density at radius 3 is 2.88 bits per heavy atom. The van der Waals surface area contributed by atoms with Crippen molar-refractivity contribution in [1.29, 1.82) is 5.26 Å². The van der Waals surface area contributed by atoms with Crippen molar-refractivity contribution in [2.24, 2.45) is 5.84 Å². The molecule has 0 radical (unpaired) electrons. The fourth-order valence-corrected chi connectivity index (χ4v) is 1.99. The molecule has 0 amide bonds. The minimum atomic E-state index is -0.459. The highest BCUT2D eigenvalue weighted by Gasteiger charge is 2.13. The maximum absolute atomic E-state index is 13.5. The number of nitrogen functional groups attached to an aromatic ring is 1. The van der Waals surface area contributed by atoms with E-state index in [1.807, 2.05) is 6.07 Å². The molecule has 2 aromatic rings. The van der Waals surface area contributed by atoms with Crippen molar-refractivity contribution in [3.63, 3.8) is 0 Å². The summed E-state index contributed by atoms with van der Waals surface area (Å²) in [6.07, 6.45) is 1.28. The zero-order valence-corrected chi connectivity index (χ0v) is 9.55. The van der Waals surface area contributed by atoms with Gasteiger partial charge in [-0.3, -0.25) is 10.8 Å². The Hall–Kier alpha value is -1.71. The quantitative estimate of drug-likeness (QED) is 0.621. The lowest BCUT2D eigenvalue weighted by Crippen LogP contribution is -2.10. The van der Waals surface area contributed by atoms with E-state index in [1.165, 1.54) is 12.3 Å². The summed E-state index contributed by atoms with van der Waals surface area (Å²) in [4.78, 5) is 3.90. The van der Waals surface area contributed by atoms with Crippen molar-refractivity contribution in [3.8, 4) is 6.07 Å². The normalized spacial score (nSPS) is 10.1. The predicted molar refractivity (Wildman–Crippen MR) is 61.9 cm³/mol. The standard InChI is InChI=1S/C10H6BrFN4/c11-6-1-2-7(12)10-8(6)9(16-14)5(3-13)4-15-10/h1-2,4H,14H2,(H,15,16). The van der Waals surface area contributed by atoms with Gasteiger partial charge in [0.05, 0.1) is 11.3 Å². The van der Waals surface area contributed by atoms with Gasteiger partial charge in [-0.05, 0) is 12.1 Å². The topological polar surface area (TPSA) is 74.7 Å². The average Bonchev–Trinajstić information content (AvgIpc) is 2.32. The van der Waals surface area contributed by atoms with Gasteiger partial charge in [0, 0.05) is 16.1 Å². The zero-order chi connectivity index (χ0) is 11.7. The van der Waals surface area contributed by atoms with Gasteiger partial charge in [-0.15, -0.1) is 0 Å². The van der Waals surface area contributed by atoms with Crippen LogP contribution >= 0.6 is 15.9 Å². The van der Waals surface area contributed by atoms with E-state index < -0.39 is 5.82 Å². The molecule has 0 unspecified atom stereocenters. The minimum absolute atomic E-state index is 0.168. The number of hydrazine groups is 1. The summed E-state index contributed by atoms with van der Waals surface area (Å²) in [5, 5.41) is 9.33. The third kappa shape index (κ3) is 1.50. The van der Waals surface area contributed by atoms with Gasteiger partial charge in [-0.25, -0.2) is 4.39 Å². The highest BCUT2D eigenvalue weighted by atomic mass is 79.9. The first-order chi connectivity index (χ1) is 7.69. The van der Waals surface area contributed by atoms with Gasteiger partial charge in [0.2, 0.25) is 0 Å². The number of hydrogen-bond donors (Lipinski definition) is 2. The molecule has 0 bridgehead atoms. The van der Waals surface area contributed by atoms with E-state index in [0.29, 0.717) is 15.5 Å². The molecule has 0 saturated heterocycles. The molecular formula is C10H6BrFN4. The van der Waals surface area contributed by atoms with E-state index in [-0.39, 0.29) is 11.1 Å². The van der Waals surface area contributed by atoms with Crippen LogP contribution < -0.4 is 11.3 Å². The maximum Gasteiger partial charge on any atom is 0.149 e. The number of nitrogens with one attached hydrogen (secondary N) is 1. The molecule has 0 aliphatic rings. The second-order valence-corrected chi connectivity index (χ2v) is 3.91. The summed E-state index contributed by atoms with van der Waals surface area (Å²) in [6, 6.07) is 4.78. The van der Waals surface area contributed by atoms with Gasteiger partial charge in [0.25, 0.3) is 0 Å². The van der Waals surface area contributed by atoms with E-state index in [0.717, 1.165) is 0 Å². The van der Waals surface area contributed by atoms with Crippen LogP contribution in [0.4, 0.5) is 10.1 Å². The number of pyridine rings is 1. The first kappa shape index (κ1) is 10.8. The van der Waals surface area contributed by atoms with E-state index >= 15 is 0 Å². The minimum Gasteiger partial charge on any atom is -0.322 e. The van der Waals surface area contributed by atoms with Crippen LogP contribution in [0.25, 0.3) is 10.9 Å². The molecule has 80 valence electrons. The Morgan fingerprint density at radius 2 is 2.25 bits per heavy atom. The highest BCUT2D eigenvalue weighted by molar-refractivity contribution is 9.10. The molecule has 4 nitrogen and oxygen atoms in total. The van der Waals surface area contributed by atoms with E-state index in [2.05, 4.69) is 26.3 Å². The van der Waals surface area contributed by atoms with Crippen molar-refractivity contribution in [2.45, 2.75) is 0 Å². The molecule has 1 aromatic heterocycles. The molecule has 16 heavy (non-hydrogen) atoms. The molecule has 0 aliphatic heterocycles. The molecule has 0 aliphatic carbocycles. The van der Waals surface area contributed by atoms with Gasteiger partial charge in [-0.1, -0.05) is 15.9 Å². The summed E-state index contributed by atoms with van der Waals surface area (Å²) in [5.41, 5.74) is 3.19. The summed E-state index contributed by atoms with van der Waals surface area (Å²) in [5.74, 6) is 4.88. The number of rotatable bonds is 1. The first-order valence-corrected chi connectivity index (χ1v) is 5.11. The fraction of sp³-hybridized carbons (Fsp3) is 0. The summed E-state index contributed by atoms with van der Waals surface area (Å²) >= 11 is 3.27. The molecule has 3 N–H and O–H groups in total. The Morgan fingerprint density at radius 1 is 1.50 bits per heavy atom. The first-order valence-electron chi connectivity index (χ1n) is 4.32. The Bertz CT molecular complexity index is 606. The lowest BCUT2D eigenvalue weighted by molar-refractivity contribution is 0.636. The van der Waals surface area contributed by atoms with Crippen molar-refractivity contribution >= 4 is 32.5 Å². The van der Waals surface area contributed by atoms with Crippen LogP contribution in [0.15, 0.2) is 22.8 Å². The molecule has 0 spiro atoms. The Kier molecular flexibility index (Phi) is 2.73. The molecule has 6 heteroatoms. The lowest BCUT2D eigenvalue weighted by atomic mass is 10.1. The van der Waals surface area contributed by atoms with Crippen molar-refractivity contribution in [3.05, 3.63) is 34.2 Å². The van der Waals surface area contributed by atoms with Gasteiger partial charge >= 0.3 is 0 Å². The Labute approximate surface area is 99.0 Å². The van der Waals surface area contributed by atoms with Gasteiger partial charge < -0.3 is 5.43 Å². The number of nitrogens with two attached hydrogens (primary N) is 1. The second kappa shape index (κ2) is 4.04. The van der Waals surface area contributed by atoms with Gasteiger partial charge in [-0.2, -0.15) is 5.26 Å². The number of benzene rings is 1. The molecular weight excluding hydrogens is 275 g/mol. The van der Waals surface area contributed by atoms with Crippen LogP contribution in [0.2, 0.25) is 0 Å². The number of nitrogens with zero attached hydrogens (tertiary/aromatic N) is 2. The van der Waals surface area contributed by atoms with E-state index in [9.17, 15) is 4.39 Å². The number of anilines is 1. The third-order valence-corrected chi connectivity index (χ3v) is 2.85. The monoisotopic (exact) mass is 280 g/mol. The van der Waals surface area contributed by atoms with Crippen molar-refractivity contribution in [2.75, 3.05) is 5.43 Å². The zero-order valence-electron chi connectivity index (χ0n) is 7.96. The predicted octanol–water partition coefficient (Wildman–Crippen LogP) is 2.29. The molecule has 1 aromatic carbocycles. The van der Waals surface area contributed by atoms with Crippen LogP contribution in [0.1, 0.15) is 5.56 Å². The largest absolute Gasteiger partial charge is 0.322 e. The van der Waals surface area contributed by atoms with Crippen LogP contribution in [0.3, 0.4) is 0 Å². The summed E-state index contributed by atoms with van der Waals surface area (Å²) < 4.78 is 14.1. The molecule has 0 saturated carbocycles. The summed E-state index contributed by atoms with van der Waals surface area (Å²) in [7, 11) is 0. The Balaban J connectivity index is 2.98. The fourth-order valence-electron chi connectivity index (χ4n) is 1.47. The van der Waals surface area contributed by atoms with Crippen LogP contribution in [0.5, 0.6) is 0 Å². The van der Waals surface area contributed by atoms with Crippen molar-refractivity contribution in [1.82, 2.24) is 4.98 Å². The number of nitriles is 1. The molecule has 1 heterocycles. The van der Waals surface area contributed by atoms with E-state index in [1.54, 1.807) is 6.07 Å². The van der Waals surface area contributed by atoms with Gasteiger partial charge in [0.1, 0.15) is 17.4 Å². The number of fused-ring (bicyclic) bond motifs is 1. The van der Waals surface area contributed by atoms with Crippen LogP contribution in [0, 0.1) is 17.1 Å². The molecule has 0 fully saturated rings. The number of halogens is 2. The maximum atomic E-state index is 13.5. The highest BCUT2D eigenvalue weighted by Crippen LogP contribution is 2.32. The average molecular weight is 281 g/mol. The van der Waals surface area contributed by atoms with Crippen molar-refractivity contribution < 1.29 is 4.39 Å². The molecule has 0 atom stereocenters. The SMILES string of the molecule is N#Cc1cnc2c(F)ccc(Br)c2c1NN. The summed E-state index contributed by atoms with van der Waals surface area (Å²) in [6.45, 7) is 0. The third-order valence-electron chi connectivity index (χ3n) is 2.18. The van der Waals surface area contributed by atoms with E-state index in [4.69, 9.17) is 11.1 Å². The van der Waals surface area contributed by atoms with Crippen LogP contribution in [-0.4, -0.2) is 4.98 Å². The molecule has 2 rings (SSSR count). The lowest BCUT2D eigenvalue weighted by Gasteiger charge is -2.09. The smallest absolute Gasteiger partial charge is 0.149 e.